The molecular formula is C25H36N4O2. The first-order valence-corrected chi connectivity index (χ1v) is 11.2. The van der Waals surface area contributed by atoms with Gasteiger partial charge in [-0.1, -0.05) is 24.3 Å². The van der Waals surface area contributed by atoms with E-state index in [-0.39, 0.29) is 5.91 Å². The van der Waals surface area contributed by atoms with Crippen molar-refractivity contribution in [2.75, 3.05) is 53.9 Å². The van der Waals surface area contributed by atoms with Gasteiger partial charge in [0.2, 0.25) is 0 Å². The van der Waals surface area contributed by atoms with Gasteiger partial charge in [-0.3, -0.25) is 9.69 Å². The van der Waals surface area contributed by atoms with Gasteiger partial charge in [-0.25, -0.2) is 4.98 Å². The number of likely N-dealkylation sites (tertiary alicyclic amines) is 1. The fraction of sp³-hybridized carbons (Fsp3) is 0.520. The molecule has 1 saturated heterocycles. The molecule has 0 spiro atoms. The summed E-state index contributed by atoms with van der Waals surface area (Å²) >= 11 is 0. The van der Waals surface area contributed by atoms with Crippen molar-refractivity contribution in [3.8, 4) is 5.75 Å². The summed E-state index contributed by atoms with van der Waals surface area (Å²) in [5.41, 5.74) is 2.63. The van der Waals surface area contributed by atoms with Crippen LogP contribution in [0.15, 0.2) is 42.5 Å². The fourth-order valence-electron chi connectivity index (χ4n) is 4.25. The van der Waals surface area contributed by atoms with Gasteiger partial charge < -0.3 is 14.5 Å². The number of piperidine rings is 1. The number of likely N-dealkylation sites (N-methyl/N-ethyl adjacent to an activating group) is 1. The van der Waals surface area contributed by atoms with Crippen LogP contribution in [-0.2, 0) is 6.54 Å². The van der Waals surface area contributed by atoms with E-state index < -0.39 is 0 Å². The second kappa shape index (κ2) is 11.3. The Bertz CT molecular complexity index is 855. The first kappa shape index (κ1) is 23.2. The van der Waals surface area contributed by atoms with Crippen molar-refractivity contribution in [2.24, 2.45) is 5.92 Å². The second-order valence-corrected chi connectivity index (χ2v) is 8.77. The molecule has 2 aromatic rings. The second-order valence-electron chi connectivity index (χ2n) is 8.77. The minimum absolute atomic E-state index is 0.0346. The molecule has 1 aliphatic rings. The standard InChI is InChI=1S/C25H36N4O2/c1-20-9-7-12-23(26-20)25(30)29(16-15-27(2)3)18-21-10-8-14-28(17-21)19-22-11-5-6-13-24(22)31-4/h5-7,9,11-13,21H,8,10,14-19H2,1-4H3/t21-/m0/s1. The lowest BCUT2D eigenvalue weighted by molar-refractivity contribution is 0.0654. The van der Waals surface area contributed by atoms with Crippen LogP contribution in [0.25, 0.3) is 0 Å². The molecule has 6 nitrogen and oxygen atoms in total. The monoisotopic (exact) mass is 424 g/mol. The minimum atomic E-state index is 0.0346. The van der Waals surface area contributed by atoms with Gasteiger partial charge in [0.05, 0.1) is 7.11 Å². The van der Waals surface area contributed by atoms with Crippen LogP contribution >= 0.6 is 0 Å². The first-order valence-electron chi connectivity index (χ1n) is 11.2. The zero-order chi connectivity index (χ0) is 22.2. The van der Waals surface area contributed by atoms with Gasteiger partial charge in [0.25, 0.3) is 5.91 Å². The molecule has 1 aromatic heterocycles. The summed E-state index contributed by atoms with van der Waals surface area (Å²) in [6.07, 6.45) is 2.30. The Morgan fingerprint density at radius 3 is 2.71 bits per heavy atom. The SMILES string of the molecule is COc1ccccc1CN1CCC[C@H](CN(CCN(C)C)C(=O)c2cccc(C)n2)C1. The lowest BCUT2D eigenvalue weighted by atomic mass is 9.96. The molecule has 1 atom stereocenters. The predicted octanol–water partition coefficient (Wildman–Crippen LogP) is 3.31. The third-order valence-electron chi connectivity index (χ3n) is 5.88. The summed E-state index contributed by atoms with van der Waals surface area (Å²) in [5.74, 6) is 1.43. The van der Waals surface area contributed by atoms with Crippen LogP contribution in [0.4, 0.5) is 0 Å². The van der Waals surface area contributed by atoms with Crippen molar-refractivity contribution in [1.29, 1.82) is 0 Å². The molecule has 0 unspecified atom stereocenters. The molecule has 168 valence electrons. The molecule has 1 fully saturated rings. The molecule has 0 N–H and O–H groups in total. The van der Waals surface area contributed by atoms with Gasteiger partial charge in [-0.15, -0.1) is 0 Å². The molecule has 0 radical (unpaired) electrons. The van der Waals surface area contributed by atoms with Crippen LogP contribution in [-0.4, -0.2) is 79.5 Å². The Balaban J connectivity index is 1.67. The predicted molar refractivity (Wildman–Crippen MR) is 124 cm³/mol. The Hall–Kier alpha value is -2.44. The maximum absolute atomic E-state index is 13.3. The van der Waals surface area contributed by atoms with Gasteiger partial charge in [0.1, 0.15) is 11.4 Å². The minimum Gasteiger partial charge on any atom is -0.496 e. The lowest BCUT2D eigenvalue weighted by Crippen LogP contribution is -2.44. The summed E-state index contributed by atoms with van der Waals surface area (Å²) < 4.78 is 5.53. The average Bonchev–Trinajstić information content (AvgIpc) is 2.76. The summed E-state index contributed by atoms with van der Waals surface area (Å²) in [5, 5.41) is 0. The maximum Gasteiger partial charge on any atom is 0.272 e. The summed E-state index contributed by atoms with van der Waals surface area (Å²) in [4.78, 5) is 24.3. The molecule has 0 saturated carbocycles. The molecule has 0 aliphatic carbocycles. The normalized spacial score (nSPS) is 17.0. The number of hydrogen-bond acceptors (Lipinski definition) is 5. The third-order valence-corrected chi connectivity index (χ3v) is 5.88. The molecule has 1 amide bonds. The third kappa shape index (κ3) is 6.77. The number of carbonyl (C=O) groups excluding carboxylic acids is 1. The summed E-state index contributed by atoms with van der Waals surface area (Å²) in [6, 6.07) is 13.9. The van der Waals surface area contributed by atoms with Crippen molar-refractivity contribution in [3.63, 3.8) is 0 Å². The number of aromatic nitrogens is 1. The van der Waals surface area contributed by atoms with Crippen LogP contribution < -0.4 is 4.74 Å². The number of ether oxygens (including phenoxy) is 1. The zero-order valence-electron chi connectivity index (χ0n) is 19.4. The fourth-order valence-corrected chi connectivity index (χ4v) is 4.25. The van der Waals surface area contributed by atoms with E-state index in [0.29, 0.717) is 18.2 Å². The van der Waals surface area contributed by atoms with Crippen molar-refractivity contribution in [3.05, 3.63) is 59.4 Å². The largest absolute Gasteiger partial charge is 0.496 e. The molecule has 3 rings (SSSR count). The van der Waals surface area contributed by atoms with E-state index in [1.165, 1.54) is 5.56 Å². The number of benzene rings is 1. The molecule has 1 aliphatic heterocycles. The molecular weight excluding hydrogens is 388 g/mol. The van der Waals surface area contributed by atoms with E-state index >= 15 is 0 Å². The molecule has 1 aromatic carbocycles. The van der Waals surface area contributed by atoms with Crippen molar-refractivity contribution in [1.82, 2.24) is 19.7 Å². The zero-order valence-corrected chi connectivity index (χ0v) is 19.4. The number of pyridine rings is 1. The molecule has 0 bridgehead atoms. The highest BCUT2D eigenvalue weighted by Gasteiger charge is 2.26. The highest BCUT2D eigenvalue weighted by molar-refractivity contribution is 5.92. The number of hydrogen-bond donors (Lipinski definition) is 0. The number of methoxy groups -OCH3 is 1. The highest BCUT2D eigenvalue weighted by atomic mass is 16.5. The maximum atomic E-state index is 13.3. The van der Waals surface area contributed by atoms with E-state index in [0.717, 1.165) is 57.0 Å². The van der Waals surface area contributed by atoms with E-state index in [4.69, 9.17) is 4.74 Å². The smallest absolute Gasteiger partial charge is 0.272 e. The summed E-state index contributed by atoms with van der Waals surface area (Å²) in [6.45, 7) is 7.21. The van der Waals surface area contributed by atoms with E-state index in [2.05, 4.69) is 26.9 Å². The topological polar surface area (TPSA) is 48.9 Å². The number of amides is 1. The Labute approximate surface area is 186 Å². The van der Waals surface area contributed by atoms with Crippen LogP contribution in [0, 0.1) is 12.8 Å². The first-order chi connectivity index (χ1) is 15.0. The van der Waals surface area contributed by atoms with E-state index in [1.54, 1.807) is 7.11 Å². The molecule has 31 heavy (non-hydrogen) atoms. The van der Waals surface area contributed by atoms with Crippen molar-refractivity contribution in [2.45, 2.75) is 26.3 Å². The Morgan fingerprint density at radius 1 is 1.16 bits per heavy atom. The van der Waals surface area contributed by atoms with E-state index in [1.807, 2.05) is 56.3 Å². The van der Waals surface area contributed by atoms with Crippen LogP contribution in [0.2, 0.25) is 0 Å². The van der Waals surface area contributed by atoms with Crippen LogP contribution in [0.5, 0.6) is 5.75 Å². The van der Waals surface area contributed by atoms with Crippen LogP contribution in [0.3, 0.4) is 0 Å². The number of para-hydroxylation sites is 1. The van der Waals surface area contributed by atoms with Crippen molar-refractivity contribution < 1.29 is 9.53 Å². The lowest BCUT2D eigenvalue weighted by Gasteiger charge is -2.36. The number of rotatable bonds is 9. The van der Waals surface area contributed by atoms with E-state index in [9.17, 15) is 4.79 Å². The van der Waals surface area contributed by atoms with Gasteiger partial charge in [0.15, 0.2) is 0 Å². The van der Waals surface area contributed by atoms with Gasteiger partial charge in [-0.2, -0.15) is 0 Å². The van der Waals surface area contributed by atoms with Gasteiger partial charge in [0, 0.05) is 44.0 Å². The average molecular weight is 425 g/mol. The van der Waals surface area contributed by atoms with Gasteiger partial charge >= 0.3 is 0 Å². The van der Waals surface area contributed by atoms with Gasteiger partial charge in [-0.05, 0) is 64.5 Å². The number of nitrogens with zero attached hydrogens (tertiary/aromatic N) is 4. The number of aryl methyl sites for hydroxylation is 1. The number of carbonyl (C=O) groups is 1. The highest BCUT2D eigenvalue weighted by Crippen LogP contribution is 2.24. The van der Waals surface area contributed by atoms with Crippen LogP contribution in [0.1, 0.15) is 34.6 Å². The molecule has 6 heteroatoms. The summed E-state index contributed by atoms with van der Waals surface area (Å²) in [7, 11) is 5.82. The molecule has 2 heterocycles. The van der Waals surface area contributed by atoms with Crippen molar-refractivity contribution >= 4 is 5.91 Å². The Morgan fingerprint density at radius 2 is 1.97 bits per heavy atom. The Kier molecular flexibility index (Phi) is 8.43. The quantitative estimate of drug-likeness (QED) is 0.618.